The van der Waals surface area contributed by atoms with E-state index in [0.717, 1.165) is 16.9 Å². The van der Waals surface area contributed by atoms with Crippen molar-refractivity contribution in [3.63, 3.8) is 0 Å². The van der Waals surface area contributed by atoms with E-state index >= 15 is 0 Å². The Morgan fingerprint density at radius 2 is 2.05 bits per heavy atom. The molecule has 0 atom stereocenters. The molecule has 0 bridgehead atoms. The van der Waals surface area contributed by atoms with Crippen molar-refractivity contribution in [2.75, 3.05) is 0 Å². The van der Waals surface area contributed by atoms with E-state index in [4.69, 9.17) is 4.74 Å². The number of alkyl carbamates (subject to hydrolysis) is 1. The zero-order valence-corrected chi connectivity index (χ0v) is 11.7. The van der Waals surface area contributed by atoms with Gasteiger partial charge in [-0.25, -0.2) is 9.78 Å². The number of carbonyl (C=O) groups is 1. The summed E-state index contributed by atoms with van der Waals surface area (Å²) in [5, 5.41) is 2.71. The number of carbonyl (C=O) groups excluding carboxylic acids is 1. The molecule has 0 radical (unpaired) electrons. The van der Waals surface area contributed by atoms with Gasteiger partial charge in [0.15, 0.2) is 0 Å². The van der Waals surface area contributed by atoms with E-state index in [-0.39, 0.29) is 0 Å². The van der Waals surface area contributed by atoms with Gasteiger partial charge < -0.3 is 14.6 Å². The summed E-state index contributed by atoms with van der Waals surface area (Å²) in [7, 11) is 1.93. The van der Waals surface area contributed by atoms with E-state index < -0.39 is 11.7 Å². The summed E-state index contributed by atoms with van der Waals surface area (Å²) in [4.78, 5) is 16.1. The van der Waals surface area contributed by atoms with E-state index in [2.05, 4.69) is 10.3 Å². The minimum absolute atomic E-state index is 0.347. The molecule has 0 unspecified atom stereocenters. The Balaban J connectivity index is 2.06. The summed E-state index contributed by atoms with van der Waals surface area (Å²) in [5.74, 6) is 0.798. The van der Waals surface area contributed by atoms with Crippen molar-refractivity contribution >= 4 is 17.1 Å². The molecule has 1 amide bonds. The Hall–Kier alpha value is -2.04. The first-order valence-electron chi connectivity index (χ1n) is 6.24. The molecule has 1 aromatic heterocycles. The van der Waals surface area contributed by atoms with Crippen LogP contribution in [0, 0.1) is 0 Å². The van der Waals surface area contributed by atoms with Crippen molar-refractivity contribution in [1.29, 1.82) is 0 Å². The Labute approximate surface area is 112 Å². The molecule has 5 nitrogen and oxygen atoms in total. The number of aryl methyl sites for hydroxylation is 1. The molecule has 102 valence electrons. The molecule has 1 aromatic carbocycles. The largest absolute Gasteiger partial charge is 0.444 e. The third-order valence-electron chi connectivity index (χ3n) is 2.67. The third kappa shape index (κ3) is 3.24. The number of hydrogen-bond acceptors (Lipinski definition) is 3. The van der Waals surface area contributed by atoms with Crippen molar-refractivity contribution in [2.45, 2.75) is 32.9 Å². The summed E-state index contributed by atoms with van der Waals surface area (Å²) in [6.45, 7) is 5.85. The number of nitrogens with one attached hydrogen (secondary N) is 1. The van der Waals surface area contributed by atoms with E-state index in [1.807, 2.05) is 56.7 Å². The zero-order valence-electron chi connectivity index (χ0n) is 11.7. The van der Waals surface area contributed by atoms with Crippen LogP contribution in [0.2, 0.25) is 0 Å². The predicted octanol–water partition coefficient (Wildman–Crippen LogP) is 2.60. The number of imidazole rings is 1. The third-order valence-corrected chi connectivity index (χ3v) is 2.67. The number of rotatable bonds is 2. The fourth-order valence-corrected chi connectivity index (χ4v) is 1.82. The summed E-state index contributed by atoms with van der Waals surface area (Å²) < 4.78 is 7.15. The van der Waals surface area contributed by atoms with E-state index in [9.17, 15) is 4.79 Å². The normalized spacial score (nSPS) is 11.6. The second-order valence-electron chi connectivity index (χ2n) is 5.43. The molecule has 19 heavy (non-hydrogen) atoms. The van der Waals surface area contributed by atoms with Gasteiger partial charge in [0.05, 0.1) is 17.6 Å². The lowest BCUT2D eigenvalue weighted by Gasteiger charge is -2.19. The van der Waals surface area contributed by atoms with Crippen LogP contribution in [0.3, 0.4) is 0 Å². The van der Waals surface area contributed by atoms with Gasteiger partial charge in [-0.2, -0.15) is 0 Å². The number of benzene rings is 1. The molecule has 5 heteroatoms. The highest BCUT2D eigenvalue weighted by Crippen LogP contribution is 2.14. The average molecular weight is 261 g/mol. The molecule has 0 spiro atoms. The lowest BCUT2D eigenvalue weighted by molar-refractivity contribution is 0.0522. The van der Waals surface area contributed by atoms with Crippen molar-refractivity contribution in [3.05, 3.63) is 30.1 Å². The Kier molecular flexibility index (Phi) is 3.46. The van der Waals surface area contributed by atoms with Gasteiger partial charge in [0.25, 0.3) is 0 Å². The molecule has 0 saturated carbocycles. The second kappa shape index (κ2) is 4.91. The fourth-order valence-electron chi connectivity index (χ4n) is 1.82. The van der Waals surface area contributed by atoms with Crippen LogP contribution in [0.5, 0.6) is 0 Å². The molecule has 0 aliphatic rings. The first kappa shape index (κ1) is 13.4. The van der Waals surface area contributed by atoms with Crippen LogP contribution in [-0.4, -0.2) is 21.2 Å². The SMILES string of the molecule is Cn1c(CNC(=O)OC(C)(C)C)nc2ccccc21. The lowest BCUT2D eigenvalue weighted by Crippen LogP contribution is -2.32. The first-order valence-corrected chi connectivity index (χ1v) is 6.24. The van der Waals surface area contributed by atoms with Crippen molar-refractivity contribution < 1.29 is 9.53 Å². The maximum absolute atomic E-state index is 11.6. The Bertz CT molecular complexity index is 596. The number of aromatic nitrogens is 2. The van der Waals surface area contributed by atoms with E-state index in [1.54, 1.807) is 0 Å². The second-order valence-corrected chi connectivity index (χ2v) is 5.43. The van der Waals surface area contributed by atoms with Gasteiger partial charge in [-0.05, 0) is 32.9 Å². The molecule has 0 saturated heterocycles. The summed E-state index contributed by atoms with van der Waals surface area (Å²) in [6, 6.07) is 7.86. The molecule has 2 rings (SSSR count). The number of fused-ring (bicyclic) bond motifs is 1. The fraction of sp³-hybridized carbons (Fsp3) is 0.429. The Morgan fingerprint density at radius 1 is 1.37 bits per heavy atom. The van der Waals surface area contributed by atoms with Crippen molar-refractivity contribution in [2.24, 2.45) is 7.05 Å². The monoisotopic (exact) mass is 261 g/mol. The van der Waals surface area contributed by atoms with Gasteiger partial charge in [0.2, 0.25) is 0 Å². The number of amides is 1. The van der Waals surface area contributed by atoms with Crippen LogP contribution in [0.15, 0.2) is 24.3 Å². The maximum Gasteiger partial charge on any atom is 0.408 e. The van der Waals surface area contributed by atoms with E-state index in [0.29, 0.717) is 6.54 Å². The molecule has 1 N–H and O–H groups in total. The van der Waals surface area contributed by atoms with Gasteiger partial charge in [0.1, 0.15) is 11.4 Å². The molecule has 0 aliphatic carbocycles. The number of nitrogens with zero attached hydrogens (tertiary/aromatic N) is 2. The zero-order chi connectivity index (χ0) is 14.0. The summed E-state index contributed by atoms with van der Waals surface area (Å²) in [6.07, 6.45) is -0.431. The molecule has 0 aliphatic heterocycles. The number of hydrogen-bond donors (Lipinski definition) is 1. The van der Waals surface area contributed by atoms with Crippen molar-refractivity contribution in [3.8, 4) is 0 Å². The smallest absolute Gasteiger partial charge is 0.408 e. The van der Waals surface area contributed by atoms with Crippen LogP contribution in [0.4, 0.5) is 4.79 Å². The molecular formula is C14H19N3O2. The van der Waals surface area contributed by atoms with Crippen LogP contribution in [-0.2, 0) is 18.3 Å². The topological polar surface area (TPSA) is 56.2 Å². The van der Waals surface area contributed by atoms with Crippen LogP contribution in [0.25, 0.3) is 11.0 Å². The lowest BCUT2D eigenvalue weighted by atomic mass is 10.2. The summed E-state index contributed by atoms with van der Waals surface area (Å²) >= 11 is 0. The van der Waals surface area contributed by atoms with Gasteiger partial charge in [-0.15, -0.1) is 0 Å². The molecule has 0 fully saturated rings. The highest BCUT2D eigenvalue weighted by atomic mass is 16.6. The minimum atomic E-state index is -0.490. The highest BCUT2D eigenvalue weighted by Gasteiger charge is 2.16. The number of para-hydroxylation sites is 2. The quantitative estimate of drug-likeness (QED) is 0.904. The maximum atomic E-state index is 11.6. The average Bonchev–Trinajstić information content (AvgIpc) is 2.62. The van der Waals surface area contributed by atoms with Crippen LogP contribution >= 0.6 is 0 Å². The van der Waals surface area contributed by atoms with Gasteiger partial charge >= 0.3 is 6.09 Å². The first-order chi connectivity index (χ1) is 8.87. The highest BCUT2D eigenvalue weighted by molar-refractivity contribution is 5.76. The van der Waals surface area contributed by atoms with Crippen LogP contribution < -0.4 is 5.32 Å². The van der Waals surface area contributed by atoms with Crippen LogP contribution in [0.1, 0.15) is 26.6 Å². The molecular weight excluding hydrogens is 242 g/mol. The van der Waals surface area contributed by atoms with E-state index in [1.165, 1.54) is 0 Å². The predicted molar refractivity (Wildman–Crippen MR) is 73.8 cm³/mol. The molecule has 2 aromatic rings. The Morgan fingerprint density at radius 3 is 2.68 bits per heavy atom. The molecule has 1 heterocycles. The van der Waals surface area contributed by atoms with Gasteiger partial charge in [-0.1, -0.05) is 12.1 Å². The number of ether oxygens (including phenoxy) is 1. The van der Waals surface area contributed by atoms with Gasteiger partial charge in [0, 0.05) is 7.05 Å². The van der Waals surface area contributed by atoms with Crippen molar-refractivity contribution in [1.82, 2.24) is 14.9 Å². The minimum Gasteiger partial charge on any atom is -0.444 e. The summed E-state index contributed by atoms with van der Waals surface area (Å²) in [5.41, 5.74) is 1.48. The standard InChI is InChI=1S/C14H19N3O2/c1-14(2,3)19-13(18)15-9-12-16-10-7-5-6-8-11(10)17(12)4/h5-8H,9H2,1-4H3,(H,15,18). The van der Waals surface area contributed by atoms with Gasteiger partial charge in [-0.3, -0.25) is 0 Å².